The Hall–Kier alpha value is -1.14. The number of rotatable bonds is 8. The largest absolute Gasteiger partial charge is 0.480 e. The van der Waals surface area contributed by atoms with E-state index in [0.29, 0.717) is 13.0 Å². The number of nitrogens with one attached hydrogen (secondary N) is 1. The summed E-state index contributed by atoms with van der Waals surface area (Å²) in [5, 5.41) is 19.8. The van der Waals surface area contributed by atoms with Crippen molar-refractivity contribution in [1.29, 1.82) is 0 Å². The number of nitrogens with two attached hydrogens (primary N) is 1. The van der Waals surface area contributed by atoms with E-state index in [-0.39, 0.29) is 24.9 Å². The highest BCUT2D eigenvalue weighted by molar-refractivity contribution is 5.84. The van der Waals surface area contributed by atoms with Crippen molar-refractivity contribution >= 4 is 11.9 Å². The maximum Gasteiger partial charge on any atom is 0.326 e. The van der Waals surface area contributed by atoms with Gasteiger partial charge in [0, 0.05) is 18.9 Å². The lowest BCUT2D eigenvalue weighted by atomic mass is 10.0. The number of amides is 1. The molecule has 0 aliphatic rings. The molecule has 0 fully saturated rings. The zero-order valence-corrected chi connectivity index (χ0v) is 9.48. The highest BCUT2D eigenvalue weighted by atomic mass is 16.4. The second kappa shape index (κ2) is 8.06. The molecule has 0 saturated heterocycles. The van der Waals surface area contributed by atoms with Gasteiger partial charge in [-0.3, -0.25) is 4.79 Å². The molecular formula is C10H20N2O4. The van der Waals surface area contributed by atoms with Crippen LogP contribution < -0.4 is 11.1 Å². The van der Waals surface area contributed by atoms with Crippen LogP contribution in [0.5, 0.6) is 0 Å². The third-order valence-corrected chi connectivity index (χ3v) is 2.32. The molecule has 0 aromatic rings. The van der Waals surface area contributed by atoms with E-state index < -0.39 is 12.0 Å². The summed E-state index contributed by atoms with van der Waals surface area (Å²) in [7, 11) is 0. The molecule has 0 spiro atoms. The van der Waals surface area contributed by atoms with E-state index in [9.17, 15) is 9.59 Å². The first-order valence-corrected chi connectivity index (χ1v) is 5.37. The van der Waals surface area contributed by atoms with Crippen LogP contribution in [0.15, 0.2) is 0 Å². The average Bonchev–Trinajstić information content (AvgIpc) is 2.24. The van der Waals surface area contributed by atoms with Gasteiger partial charge in [-0.05, 0) is 19.4 Å². The van der Waals surface area contributed by atoms with Gasteiger partial charge in [0.1, 0.15) is 6.04 Å². The van der Waals surface area contributed by atoms with Crippen LogP contribution in [0.4, 0.5) is 0 Å². The fourth-order valence-electron chi connectivity index (χ4n) is 1.26. The van der Waals surface area contributed by atoms with Crippen LogP contribution in [0.2, 0.25) is 0 Å². The number of carboxylic acid groups (broad SMARTS) is 1. The standard InChI is InChI=1S/C10H20N2O4/c1-7(3-2-5-11)9(14)12-8(4-6-13)10(15)16/h7-8,13H,2-6,11H2,1H3,(H,12,14)(H,15,16). The molecule has 0 heterocycles. The van der Waals surface area contributed by atoms with Gasteiger partial charge in [0.2, 0.25) is 5.91 Å². The summed E-state index contributed by atoms with van der Waals surface area (Å²) in [6.45, 7) is 1.97. The third-order valence-electron chi connectivity index (χ3n) is 2.32. The van der Waals surface area contributed by atoms with E-state index in [0.717, 1.165) is 6.42 Å². The van der Waals surface area contributed by atoms with Crippen molar-refractivity contribution in [2.24, 2.45) is 11.7 Å². The molecule has 0 aromatic heterocycles. The van der Waals surface area contributed by atoms with Gasteiger partial charge >= 0.3 is 5.97 Å². The lowest BCUT2D eigenvalue weighted by molar-refractivity contribution is -0.142. The molecule has 6 nitrogen and oxygen atoms in total. The average molecular weight is 232 g/mol. The number of aliphatic hydroxyl groups is 1. The number of carbonyl (C=O) groups excluding carboxylic acids is 1. The summed E-state index contributed by atoms with van der Waals surface area (Å²) in [6, 6.07) is -1.02. The van der Waals surface area contributed by atoms with Crippen LogP contribution >= 0.6 is 0 Å². The van der Waals surface area contributed by atoms with E-state index in [1.807, 2.05) is 0 Å². The van der Waals surface area contributed by atoms with Gasteiger partial charge < -0.3 is 21.3 Å². The van der Waals surface area contributed by atoms with Gasteiger partial charge in [-0.25, -0.2) is 4.79 Å². The Labute approximate surface area is 94.8 Å². The van der Waals surface area contributed by atoms with Crippen molar-refractivity contribution < 1.29 is 19.8 Å². The second-order valence-corrected chi connectivity index (χ2v) is 3.74. The second-order valence-electron chi connectivity index (χ2n) is 3.74. The van der Waals surface area contributed by atoms with E-state index in [2.05, 4.69) is 5.32 Å². The predicted molar refractivity (Wildman–Crippen MR) is 58.7 cm³/mol. The molecule has 0 aromatic carbocycles. The Morgan fingerprint density at radius 2 is 2.00 bits per heavy atom. The van der Waals surface area contributed by atoms with Crippen molar-refractivity contribution in [3.05, 3.63) is 0 Å². The zero-order chi connectivity index (χ0) is 12.6. The van der Waals surface area contributed by atoms with Gasteiger partial charge in [-0.2, -0.15) is 0 Å². The van der Waals surface area contributed by atoms with Gasteiger partial charge in [0.15, 0.2) is 0 Å². The Balaban J connectivity index is 4.12. The first-order valence-electron chi connectivity index (χ1n) is 5.37. The molecule has 2 unspecified atom stereocenters. The first kappa shape index (κ1) is 14.9. The van der Waals surface area contributed by atoms with Crippen molar-refractivity contribution in [2.75, 3.05) is 13.2 Å². The van der Waals surface area contributed by atoms with E-state index in [4.69, 9.17) is 15.9 Å². The van der Waals surface area contributed by atoms with Gasteiger partial charge in [0.05, 0.1) is 0 Å². The van der Waals surface area contributed by atoms with E-state index in [1.54, 1.807) is 6.92 Å². The third kappa shape index (κ3) is 5.67. The minimum atomic E-state index is -1.13. The van der Waals surface area contributed by atoms with Crippen LogP contribution in [0, 0.1) is 5.92 Å². The number of carbonyl (C=O) groups is 2. The smallest absolute Gasteiger partial charge is 0.326 e. The highest BCUT2D eigenvalue weighted by Gasteiger charge is 2.21. The molecule has 94 valence electrons. The van der Waals surface area contributed by atoms with Crippen LogP contribution in [-0.2, 0) is 9.59 Å². The highest BCUT2D eigenvalue weighted by Crippen LogP contribution is 2.05. The minimum Gasteiger partial charge on any atom is -0.480 e. The summed E-state index contributed by atoms with van der Waals surface area (Å²) >= 11 is 0. The lowest BCUT2D eigenvalue weighted by Gasteiger charge is -2.16. The molecule has 2 atom stereocenters. The quantitative estimate of drug-likeness (QED) is 0.442. The van der Waals surface area contributed by atoms with Gasteiger partial charge in [0.25, 0.3) is 0 Å². The number of carboxylic acids is 1. The Morgan fingerprint density at radius 3 is 2.44 bits per heavy atom. The van der Waals surface area contributed by atoms with Crippen LogP contribution in [0.1, 0.15) is 26.2 Å². The number of hydrogen-bond acceptors (Lipinski definition) is 4. The molecular weight excluding hydrogens is 212 g/mol. The maximum atomic E-state index is 11.5. The van der Waals surface area contributed by atoms with Crippen molar-refractivity contribution in [3.8, 4) is 0 Å². The Kier molecular flexibility index (Phi) is 7.49. The van der Waals surface area contributed by atoms with Crippen molar-refractivity contribution in [2.45, 2.75) is 32.2 Å². The summed E-state index contributed by atoms with van der Waals surface area (Å²) in [5.74, 6) is -1.70. The molecule has 6 heteroatoms. The molecule has 16 heavy (non-hydrogen) atoms. The SMILES string of the molecule is CC(CCCN)C(=O)NC(CCO)C(=O)O. The molecule has 0 aliphatic carbocycles. The Bertz CT molecular complexity index is 233. The maximum absolute atomic E-state index is 11.5. The van der Waals surface area contributed by atoms with E-state index >= 15 is 0 Å². The summed E-state index contributed by atoms with van der Waals surface area (Å²) in [6.07, 6.45) is 1.38. The molecule has 1 amide bonds. The topological polar surface area (TPSA) is 113 Å². The fraction of sp³-hybridized carbons (Fsp3) is 0.800. The van der Waals surface area contributed by atoms with Crippen LogP contribution in [0.3, 0.4) is 0 Å². The predicted octanol–water partition coefficient (Wildman–Crippen LogP) is -0.687. The van der Waals surface area contributed by atoms with Crippen LogP contribution in [-0.4, -0.2) is 41.3 Å². The van der Waals surface area contributed by atoms with Crippen molar-refractivity contribution in [3.63, 3.8) is 0 Å². The summed E-state index contributed by atoms with van der Waals surface area (Å²) in [5.41, 5.74) is 5.32. The minimum absolute atomic E-state index is 0.0185. The lowest BCUT2D eigenvalue weighted by Crippen LogP contribution is -2.43. The van der Waals surface area contributed by atoms with Gasteiger partial charge in [-0.1, -0.05) is 6.92 Å². The van der Waals surface area contributed by atoms with Gasteiger partial charge in [-0.15, -0.1) is 0 Å². The summed E-state index contributed by atoms with van der Waals surface area (Å²) < 4.78 is 0. The normalized spacial score (nSPS) is 14.2. The number of aliphatic hydroxyl groups excluding tert-OH is 1. The molecule has 0 bridgehead atoms. The molecule has 0 aliphatic heterocycles. The number of hydrogen-bond donors (Lipinski definition) is 4. The van der Waals surface area contributed by atoms with E-state index in [1.165, 1.54) is 0 Å². The fourth-order valence-corrected chi connectivity index (χ4v) is 1.26. The molecule has 0 saturated carbocycles. The molecule has 5 N–H and O–H groups in total. The monoisotopic (exact) mass is 232 g/mol. The zero-order valence-electron chi connectivity index (χ0n) is 9.48. The molecule has 0 radical (unpaired) electrons. The molecule has 0 rings (SSSR count). The first-order chi connectivity index (χ1) is 7.52. The van der Waals surface area contributed by atoms with Crippen LogP contribution in [0.25, 0.3) is 0 Å². The summed E-state index contributed by atoms with van der Waals surface area (Å²) in [4.78, 5) is 22.3. The Morgan fingerprint density at radius 1 is 1.38 bits per heavy atom. The number of aliphatic carboxylic acids is 1. The van der Waals surface area contributed by atoms with Crippen molar-refractivity contribution in [1.82, 2.24) is 5.32 Å².